The topological polar surface area (TPSA) is 87.1 Å². The van der Waals surface area contributed by atoms with E-state index in [1.54, 1.807) is 0 Å². The zero-order chi connectivity index (χ0) is 22.9. The molecule has 172 valence electrons. The number of alkyl halides is 3. The van der Waals surface area contributed by atoms with Gasteiger partial charge in [0.1, 0.15) is 0 Å². The lowest BCUT2D eigenvalue weighted by atomic mass is 10.0. The molecule has 10 heteroatoms. The maximum atomic E-state index is 10.6. The van der Waals surface area contributed by atoms with Gasteiger partial charge in [0.05, 0.1) is 16.6 Å². The van der Waals surface area contributed by atoms with Gasteiger partial charge in [-0.1, -0.05) is 12.1 Å². The number of aromatic nitrogens is 2. The number of nitrogens with two attached hydrogens (primary N) is 1. The quantitative estimate of drug-likeness (QED) is 0.625. The van der Waals surface area contributed by atoms with Gasteiger partial charge in [-0.2, -0.15) is 13.2 Å². The number of aliphatic carboxylic acids is 1. The van der Waals surface area contributed by atoms with Crippen LogP contribution in [-0.4, -0.2) is 69.8 Å². The lowest BCUT2D eigenvalue weighted by Gasteiger charge is -2.34. The first-order valence-electron chi connectivity index (χ1n) is 10.6. The number of hydrogen-bond donors (Lipinski definition) is 2. The molecule has 1 unspecified atom stereocenters. The van der Waals surface area contributed by atoms with Crippen molar-refractivity contribution in [3.05, 3.63) is 42.6 Å². The predicted octanol–water partition coefficient (Wildman–Crippen LogP) is 3.12. The summed E-state index contributed by atoms with van der Waals surface area (Å²) in [5.74, 6) is -1.63. The molecule has 0 amide bonds. The molecule has 1 aromatic carbocycles. The van der Waals surface area contributed by atoms with Crippen LogP contribution in [0.25, 0.3) is 16.6 Å². The van der Waals surface area contributed by atoms with E-state index in [9.17, 15) is 13.2 Å². The highest BCUT2D eigenvalue weighted by Gasteiger charge is 2.38. The molecule has 2 aliphatic heterocycles. The summed E-state index contributed by atoms with van der Waals surface area (Å²) in [5.41, 5.74) is 9.51. The maximum Gasteiger partial charge on any atom is 0.490 e. The summed E-state index contributed by atoms with van der Waals surface area (Å²) in [6, 6.07) is 13.7. The monoisotopic (exact) mass is 449 g/mol. The van der Waals surface area contributed by atoms with Gasteiger partial charge in [0.25, 0.3) is 0 Å². The first-order valence-corrected chi connectivity index (χ1v) is 10.6. The minimum absolute atomic E-state index is 0.399. The molecule has 0 spiro atoms. The van der Waals surface area contributed by atoms with Crippen molar-refractivity contribution in [2.24, 2.45) is 5.73 Å². The Labute approximate surface area is 183 Å². The zero-order valence-corrected chi connectivity index (χ0v) is 17.5. The highest BCUT2D eigenvalue weighted by molar-refractivity contribution is 5.85. The Morgan fingerprint density at radius 3 is 2.38 bits per heavy atom. The molecule has 3 aromatic rings. The lowest BCUT2D eigenvalue weighted by molar-refractivity contribution is -0.192. The van der Waals surface area contributed by atoms with Gasteiger partial charge in [-0.3, -0.25) is 4.90 Å². The van der Waals surface area contributed by atoms with Gasteiger partial charge in [0, 0.05) is 31.4 Å². The number of hydrogen-bond acceptors (Lipinski definition) is 5. The second-order valence-corrected chi connectivity index (χ2v) is 8.25. The first-order chi connectivity index (χ1) is 15.2. The summed E-state index contributed by atoms with van der Waals surface area (Å²) in [5, 5.41) is 7.12. The Kier molecular flexibility index (Phi) is 6.25. The fraction of sp³-hybridized carbons (Fsp3) is 0.455. The molecule has 1 atom stereocenters. The standard InChI is InChI=1S/C20H25N5.C2HF3O2/c21-15-7-11-23(12-8-15)16-9-13-24(14-16)20-19-6-3-10-25(19)18-5-2-1-4-17(18)22-20;3-2(4,5)1(6)7/h1-6,10,15-16H,7-9,11-14,21H2;(H,6,7). The van der Waals surface area contributed by atoms with Crippen LogP contribution in [0.5, 0.6) is 0 Å². The van der Waals surface area contributed by atoms with Crippen LogP contribution < -0.4 is 10.6 Å². The minimum atomic E-state index is -5.08. The van der Waals surface area contributed by atoms with Gasteiger partial charge >= 0.3 is 12.1 Å². The zero-order valence-electron chi connectivity index (χ0n) is 17.5. The number of nitrogens with zero attached hydrogens (tertiary/aromatic N) is 4. The molecule has 32 heavy (non-hydrogen) atoms. The number of halogens is 3. The summed E-state index contributed by atoms with van der Waals surface area (Å²) in [7, 11) is 0. The normalized spacial score (nSPS) is 20.5. The van der Waals surface area contributed by atoms with Crippen molar-refractivity contribution in [1.29, 1.82) is 0 Å². The van der Waals surface area contributed by atoms with E-state index in [2.05, 4.69) is 56.8 Å². The Hall–Kier alpha value is -2.85. The molecule has 0 radical (unpaired) electrons. The van der Waals surface area contributed by atoms with E-state index < -0.39 is 12.1 Å². The molecule has 7 nitrogen and oxygen atoms in total. The molecule has 5 rings (SSSR count). The van der Waals surface area contributed by atoms with Crippen molar-refractivity contribution in [3.63, 3.8) is 0 Å². The molecule has 0 saturated carbocycles. The molecular formula is C22H26F3N5O2. The Bertz CT molecular complexity index is 1090. The van der Waals surface area contributed by atoms with Gasteiger partial charge in [-0.25, -0.2) is 9.78 Å². The Balaban J connectivity index is 0.000000307. The molecule has 2 aromatic heterocycles. The third-order valence-corrected chi connectivity index (χ3v) is 6.14. The predicted molar refractivity (Wildman–Crippen MR) is 116 cm³/mol. The van der Waals surface area contributed by atoms with Gasteiger partial charge < -0.3 is 20.1 Å². The van der Waals surface area contributed by atoms with Crippen molar-refractivity contribution < 1.29 is 23.1 Å². The van der Waals surface area contributed by atoms with Crippen LogP contribution in [0.3, 0.4) is 0 Å². The third-order valence-electron chi connectivity index (χ3n) is 6.14. The third kappa shape index (κ3) is 4.66. The fourth-order valence-corrected chi connectivity index (χ4v) is 4.46. The minimum Gasteiger partial charge on any atom is -0.475 e. The number of benzene rings is 1. The molecule has 4 heterocycles. The summed E-state index contributed by atoms with van der Waals surface area (Å²) in [6.45, 7) is 4.44. The Morgan fingerprint density at radius 1 is 1.03 bits per heavy atom. The number of carbonyl (C=O) groups is 1. The van der Waals surface area contributed by atoms with Crippen LogP contribution in [0.1, 0.15) is 19.3 Å². The average Bonchev–Trinajstić information content (AvgIpc) is 3.44. The number of anilines is 1. The summed E-state index contributed by atoms with van der Waals surface area (Å²) >= 11 is 0. The van der Waals surface area contributed by atoms with Crippen molar-refractivity contribution in [3.8, 4) is 0 Å². The maximum absolute atomic E-state index is 10.6. The molecule has 0 aliphatic carbocycles. The summed E-state index contributed by atoms with van der Waals surface area (Å²) < 4.78 is 34.0. The largest absolute Gasteiger partial charge is 0.490 e. The van der Waals surface area contributed by atoms with E-state index in [0.29, 0.717) is 12.1 Å². The molecule has 2 aliphatic rings. The van der Waals surface area contributed by atoms with Crippen molar-refractivity contribution in [2.45, 2.75) is 37.5 Å². The Morgan fingerprint density at radius 2 is 1.69 bits per heavy atom. The van der Waals surface area contributed by atoms with E-state index in [0.717, 1.165) is 50.4 Å². The second kappa shape index (κ2) is 8.95. The van der Waals surface area contributed by atoms with Gasteiger partial charge in [0.2, 0.25) is 0 Å². The van der Waals surface area contributed by atoms with Crippen LogP contribution in [0.2, 0.25) is 0 Å². The number of carboxylic acids is 1. The van der Waals surface area contributed by atoms with Crippen molar-refractivity contribution >= 4 is 28.3 Å². The van der Waals surface area contributed by atoms with Gasteiger partial charge in [-0.15, -0.1) is 0 Å². The number of carboxylic acid groups (broad SMARTS) is 1. The second-order valence-electron chi connectivity index (χ2n) is 8.25. The van der Waals surface area contributed by atoms with E-state index >= 15 is 0 Å². The number of piperidine rings is 1. The number of fused-ring (bicyclic) bond motifs is 3. The van der Waals surface area contributed by atoms with Crippen molar-refractivity contribution in [1.82, 2.24) is 14.3 Å². The molecule has 0 bridgehead atoms. The van der Waals surface area contributed by atoms with Crippen molar-refractivity contribution in [2.75, 3.05) is 31.1 Å². The fourth-order valence-electron chi connectivity index (χ4n) is 4.46. The smallest absolute Gasteiger partial charge is 0.475 e. The molecule has 2 fully saturated rings. The lowest BCUT2D eigenvalue weighted by Crippen LogP contribution is -2.46. The van der Waals surface area contributed by atoms with Crippen LogP contribution in [0, 0.1) is 0 Å². The van der Waals surface area contributed by atoms with Crippen LogP contribution in [-0.2, 0) is 4.79 Å². The van der Waals surface area contributed by atoms with Gasteiger partial charge in [0.15, 0.2) is 5.82 Å². The van der Waals surface area contributed by atoms with Crippen LogP contribution >= 0.6 is 0 Å². The SMILES string of the molecule is NC1CCN(C2CCN(c3nc4ccccc4n4cccc34)C2)CC1.O=C(O)C(F)(F)F. The van der Waals surface area contributed by atoms with Crippen LogP contribution in [0.4, 0.5) is 19.0 Å². The highest BCUT2D eigenvalue weighted by Crippen LogP contribution is 2.29. The summed E-state index contributed by atoms with van der Waals surface area (Å²) in [4.78, 5) is 19.0. The number of likely N-dealkylation sites (tertiary alicyclic amines) is 1. The van der Waals surface area contributed by atoms with E-state index in [1.807, 2.05) is 0 Å². The first kappa shape index (κ1) is 22.3. The van der Waals surface area contributed by atoms with E-state index in [1.165, 1.54) is 17.5 Å². The number of para-hydroxylation sites is 2. The highest BCUT2D eigenvalue weighted by atomic mass is 19.4. The summed E-state index contributed by atoms with van der Waals surface area (Å²) in [6.07, 6.45) is 0.542. The molecule has 3 N–H and O–H groups in total. The van der Waals surface area contributed by atoms with Gasteiger partial charge in [-0.05, 0) is 56.6 Å². The average molecular weight is 449 g/mol. The van der Waals surface area contributed by atoms with E-state index in [4.69, 9.17) is 20.6 Å². The molecular weight excluding hydrogens is 423 g/mol. The molecule has 2 saturated heterocycles. The number of rotatable bonds is 2. The van der Waals surface area contributed by atoms with E-state index in [-0.39, 0.29) is 0 Å². The van der Waals surface area contributed by atoms with Crippen LogP contribution in [0.15, 0.2) is 42.6 Å².